The summed E-state index contributed by atoms with van der Waals surface area (Å²) in [5.74, 6) is 0. The van der Waals surface area contributed by atoms with Gasteiger partial charge in [0.05, 0.1) is 0 Å². The average Bonchev–Trinajstić information content (AvgIpc) is 2.41. The molecule has 194 valence electrons. The zero-order valence-electron chi connectivity index (χ0n) is 25.1. The minimum atomic E-state index is -5.37. The van der Waals surface area contributed by atoms with Gasteiger partial charge in [-0.15, -0.1) is 0 Å². The van der Waals surface area contributed by atoms with Crippen molar-refractivity contribution in [3.8, 4) is 0 Å². The zero-order valence-corrected chi connectivity index (χ0v) is 47.5. The number of hydrogen-bond donors (Lipinski definition) is 0. The van der Waals surface area contributed by atoms with Gasteiger partial charge in [0.2, 0.25) is 0 Å². The van der Waals surface area contributed by atoms with Crippen molar-refractivity contribution in [1.29, 1.82) is 0 Å². The average molecular weight is 770 g/mol. The van der Waals surface area contributed by atoms with E-state index >= 15 is 0 Å². The molecular formula is C9H18N3Na9O15P5-. The van der Waals surface area contributed by atoms with Crippen LogP contribution in [-0.4, -0.2) is 72.3 Å². The van der Waals surface area contributed by atoms with E-state index in [1.54, 1.807) is 0 Å². The van der Waals surface area contributed by atoms with E-state index in [4.69, 9.17) is 0 Å². The molecule has 0 fully saturated rings. The van der Waals surface area contributed by atoms with Crippen LogP contribution in [0.4, 0.5) is 0 Å². The molecule has 32 heteroatoms. The number of rotatable bonds is 16. The Hall–Kier alpha value is 9.63. The summed E-state index contributed by atoms with van der Waals surface area (Å²) in [6, 6.07) is 0. The number of nitrogens with zero attached hydrogens (tertiary/aromatic N) is 3. The maximum Gasteiger partial charge on any atom is 1.00 e. The molecule has 0 amide bonds. The summed E-state index contributed by atoms with van der Waals surface area (Å²) in [4.78, 5) is 111. The zero-order chi connectivity index (χ0) is 25.6. The fourth-order valence-corrected chi connectivity index (χ4v) is 6.43. The molecule has 0 saturated carbocycles. The topological polar surface area (TPSA) is 326 Å². The molecule has 41 heavy (non-hydrogen) atoms. The Kier molecular flexibility index (Phi) is 65.1. The molecular weight excluding hydrogens is 752 g/mol. The Balaban J connectivity index is -0.000000133. The fourth-order valence-electron chi connectivity index (χ4n) is 2.42. The van der Waals surface area contributed by atoms with Crippen molar-refractivity contribution in [2.75, 3.05) is 57.6 Å². The van der Waals surface area contributed by atoms with Crippen molar-refractivity contribution in [3.05, 3.63) is 0 Å². The van der Waals surface area contributed by atoms with Crippen LogP contribution in [0.3, 0.4) is 0 Å². The molecule has 0 atom stereocenters. The summed E-state index contributed by atoms with van der Waals surface area (Å²) < 4.78 is 54.6. The molecule has 0 radical (unpaired) electrons. The van der Waals surface area contributed by atoms with Crippen molar-refractivity contribution in [2.24, 2.45) is 0 Å². The van der Waals surface area contributed by atoms with E-state index < -0.39 is 95.6 Å². The quantitative estimate of drug-likeness (QED) is 0.104. The van der Waals surface area contributed by atoms with Gasteiger partial charge in [0.25, 0.3) is 0 Å². The van der Waals surface area contributed by atoms with Crippen molar-refractivity contribution < 1.29 is 338 Å². The predicted molar refractivity (Wildman–Crippen MR) is 87.4 cm³/mol. The monoisotopic (exact) mass is 770 g/mol. The molecule has 0 aliphatic carbocycles. The van der Waals surface area contributed by atoms with Crippen LogP contribution >= 0.6 is 38.0 Å². The molecule has 0 spiro atoms. The smallest absolute Gasteiger partial charge is 0.810 e. The maximum atomic E-state index is 11.1. The van der Waals surface area contributed by atoms with E-state index in [0.717, 1.165) is 0 Å². The molecule has 0 rings (SSSR count). The van der Waals surface area contributed by atoms with Gasteiger partial charge in [0.15, 0.2) is 0 Å². The van der Waals surface area contributed by atoms with E-state index in [0.29, 0.717) is 14.7 Å². The second kappa shape index (κ2) is 35.3. The van der Waals surface area contributed by atoms with Gasteiger partial charge in [-0.25, -0.2) is 0 Å². The summed E-state index contributed by atoms with van der Waals surface area (Å²) in [6.07, 6.45) is -7.03. The first kappa shape index (κ1) is 75.5. The first-order chi connectivity index (χ1) is 13.9. The van der Waals surface area contributed by atoms with Gasteiger partial charge >= 0.3 is 266 Å². The third-order valence-corrected chi connectivity index (χ3v) is 7.06. The Morgan fingerprint density at radius 2 is 0.415 bits per heavy atom. The molecule has 0 N–H and O–H groups in total. The first-order valence-electron chi connectivity index (χ1n) is 8.17. The molecule has 18 nitrogen and oxygen atoms in total. The van der Waals surface area contributed by atoms with Crippen LogP contribution in [0.1, 0.15) is 0 Å². The molecule has 0 aromatic carbocycles. The van der Waals surface area contributed by atoms with E-state index in [2.05, 4.69) is 0 Å². The Morgan fingerprint density at radius 1 is 0.293 bits per heavy atom. The van der Waals surface area contributed by atoms with Gasteiger partial charge in [0, 0.05) is 57.6 Å². The van der Waals surface area contributed by atoms with E-state index in [-0.39, 0.29) is 266 Å². The summed E-state index contributed by atoms with van der Waals surface area (Å²) in [7, 11) is -26.8. The summed E-state index contributed by atoms with van der Waals surface area (Å²) >= 11 is 0. The van der Waals surface area contributed by atoms with Gasteiger partial charge in [-0.1, -0.05) is 38.0 Å². The van der Waals surface area contributed by atoms with Gasteiger partial charge < -0.3 is 71.8 Å². The minimum absolute atomic E-state index is 0. The first-order valence-corrected chi connectivity index (χ1v) is 16.8. The van der Waals surface area contributed by atoms with Crippen LogP contribution in [-0.2, 0) is 22.8 Å². The van der Waals surface area contributed by atoms with Crippen LogP contribution in [0.2, 0.25) is 0 Å². The van der Waals surface area contributed by atoms with E-state index in [1.165, 1.54) is 0 Å². The van der Waals surface area contributed by atoms with Gasteiger partial charge in [-0.05, 0) is 0 Å². The van der Waals surface area contributed by atoms with Gasteiger partial charge in [0.1, 0.15) is 0 Å². The molecule has 0 unspecified atom stereocenters. The van der Waals surface area contributed by atoms with Crippen LogP contribution in [0.25, 0.3) is 0 Å². The van der Waals surface area contributed by atoms with E-state index in [9.17, 15) is 71.8 Å². The molecule has 0 aromatic rings. The van der Waals surface area contributed by atoms with Crippen LogP contribution < -0.4 is 315 Å². The third kappa shape index (κ3) is 56.5. The van der Waals surface area contributed by atoms with Crippen molar-refractivity contribution in [2.45, 2.75) is 0 Å². The SMILES string of the molecule is O=P([O-])([O-])CN(CCN(CP(=O)([O-])[O-])CP(=O)([O-])[O-])CCN(CP(=O)([O-])[O-])CP(=O)([O-])[O-].[Na+].[Na+].[Na+].[Na+].[Na+].[Na+].[Na+].[Na+].[Na+]. The predicted octanol–water partition coefficient (Wildman–Crippen LogP) is -35.7. The van der Waals surface area contributed by atoms with Crippen LogP contribution in [0, 0.1) is 0 Å². The van der Waals surface area contributed by atoms with Gasteiger partial charge in [-0.2, -0.15) is 0 Å². The normalized spacial score (nSPS) is 11.4. The standard InChI is InChI=1S/C9H28N3O15P5.9Na/c13-28(14,15)5-10(1-3-11(6-29(16,17)18)7-30(19,20)21)2-4-12(8-31(22,23)24)9-32(25,26)27;;;;;;;;;/h1-9H2,(H2,13,14,15)(H2,16,17,18)(H2,19,20,21)(H2,22,23,24)(H2,25,26,27);;;;;;;;;/q;9*+1/p-10. The largest absolute Gasteiger partial charge is 1.00 e. The Bertz CT molecular complexity index is 752. The molecule has 0 saturated heterocycles. The van der Waals surface area contributed by atoms with Crippen molar-refractivity contribution in [3.63, 3.8) is 0 Å². The second-order valence-electron chi connectivity index (χ2n) is 6.67. The van der Waals surface area contributed by atoms with Gasteiger partial charge in [-0.3, -0.25) is 14.7 Å². The molecule has 0 aliphatic rings. The molecule has 0 heterocycles. The maximum absolute atomic E-state index is 11.1. The Labute approximate surface area is 438 Å². The fraction of sp³-hybridized carbons (Fsp3) is 1.00. The minimum Gasteiger partial charge on any atom is -0.810 e. The Morgan fingerprint density at radius 3 is 0.561 bits per heavy atom. The number of hydrogen-bond acceptors (Lipinski definition) is 18. The summed E-state index contributed by atoms with van der Waals surface area (Å²) in [5.41, 5.74) is 0. The van der Waals surface area contributed by atoms with Crippen LogP contribution in [0.15, 0.2) is 0 Å². The molecule has 0 bridgehead atoms. The van der Waals surface area contributed by atoms with Crippen LogP contribution in [0.5, 0.6) is 0 Å². The van der Waals surface area contributed by atoms with Crippen molar-refractivity contribution >= 4 is 38.0 Å². The van der Waals surface area contributed by atoms with Crippen molar-refractivity contribution in [1.82, 2.24) is 14.7 Å². The summed E-state index contributed by atoms with van der Waals surface area (Å²) in [5, 5.41) is 0. The van der Waals surface area contributed by atoms with E-state index in [1.807, 2.05) is 0 Å². The summed E-state index contributed by atoms with van der Waals surface area (Å²) in [6.45, 7) is -2.82. The molecule has 0 aliphatic heterocycles. The third-order valence-electron chi connectivity index (χ3n) is 3.33. The second-order valence-corrected chi connectivity index (χ2v) is 14.2. The molecule has 0 aromatic heterocycles.